The van der Waals surface area contributed by atoms with E-state index in [-0.39, 0.29) is 0 Å². The third-order valence-corrected chi connectivity index (χ3v) is 2.94. The average molecular weight is 286 g/mol. The van der Waals surface area contributed by atoms with Gasteiger partial charge in [-0.05, 0) is 30.9 Å². The maximum atomic E-state index is 5.40. The third-order valence-electron chi connectivity index (χ3n) is 2.94. The normalized spacial score (nSPS) is 10.7. The lowest BCUT2D eigenvalue weighted by Crippen LogP contribution is -2.05. The molecule has 0 fully saturated rings. The minimum atomic E-state index is 0.348. The van der Waals surface area contributed by atoms with E-state index in [2.05, 4.69) is 46.2 Å². The summed E-state index contributed by atoms with van der Waals surface area (Å²) >= 11 is 0. The van der Waals surface area contributed by atoms with Crippen molar-refractivity contribution in [3.8, 4) is 17.4 Å². The summed E-state index contributed by atoms with van der Waals surface area (Å²) in [5, 5.41) is 2.94. The van der Waals surface area contributed by atoms with Gasteiger partial charge in [0.2, 0.25) is 5.95 Å². The van der Waals surface area contributed by atoms with Crippen LogP contribution in [-0.4, -0.2) is 28.6 Å². The van der Waals surface area contributed by atoms with Crippen LogP contribution >= 0.6 is 0 Å². The molecule has 0 aliphatic heterocycles. The maximum Gasteiger partial charge on any atom is 0.321 e. The Balaban J connectivity index is 2.38. The third kappa shape index (κ3) is 4.15. The Labute approximate surface area is 125 Å². The number of anilines is 1. The van der Waals surface area contributed by atoms with Gasteiger partial charge in [0.1, 0.15) is 0 Å². The Morgan fingerprint density at radius 1 is 1.19 bits per heavy atom. The van der Waals surface area contributed by atoms with Crippen LogP contribution in [0.15, 0.2) is 24.3 Å². The van der Waals surface area contributed by atoms with E-state index in [4.69, 9.17) is 4.74 Å². The van der Waals surface area contributed by atoms with Gasteiger partial charge in [-0.1, -0.05) is 32.0 Å². The van der Waals surface area contributed by atoms with Crippen molar-refractivity contribution in [2.45, 2.75) is 27.2 Å². The minimum Gasteiger partial charge on any atom is -0.464 e. The number of aromatic nitrogens is 3. The first kappa shape index (κ1) is 15.2. The van der Waals surface area contributed by atoms with E-state index in [0.717, 1.165) is 12.0 Å². The molecular formula is C16H22N4O. The highest BCUT2D eigenvalue weighted by Gasteiger charge is 2.09. The smallest absolute Gasteiger partial charge is 0.321 e. The van der Waals surface area contributed by atoms with Crippen molar-refractivity contribution in [3.05, 3.63) is 29.8 Å². The zero-order chi connectivity index (χ0) is 15.2. The van der Waals surface area contributed by atoms with Crippen LogP contribution in [0.5, 0.6) is 6.01 Å². The molecule has 1 heterocycles. The quantitative estimate of drug-likeness (QED) is 0.883. The van der Waals surface area contributed by atoms with Gasteiger partial charge in [0.25, 0.3) is 0 Å². The number of hydrogen-bond acceptors (Lipinski definition) is 5. The first-order valence-corrected chi connectivity index (χ1v) is 7.28. The Bertz CT molecular complexity index is 599. The van der Waals surface area contributed by atoms with E-state index in [1.165, 1.54) is 5.56 Å². The summed E-state index contributed by atoms with van der Waals surface area (Å²) in [4.78, 5) is 13.0. The number of nitrogens with zero attached hydrogens (tertiary/aromatic N) is 3. The van der Waals surface area contributed by atoms with E-state index in [1.54, 1.807) is 7.05 Å². The first-order chi connectivity index (χ1) is 10.1. The molecule has 0 saturated carbocycles. The minimum absolute atomic E-state index is 0.348. The number of ether oxygens (including phenoxy) is 1. The van der Waals surface area contributed by atoms with Crippen LogP contribution in [0.3, 0.4) is 0 Å². The van der Waals surface area contributed by atoms with E-state index >= 15 is 0 Å². The molecule has 1 aromatic heterocycles. The van der Waals surface area contributed by atoms with Gasteiger partial charge in [0.15, 0.2) is 5.82 Å². The molecule has 1 N–H and O–H groups in total. The zero-order valence-electron chi connectivity index (χ0n) is 13.1. The highest BCUT2D eigenvalue weighted by molar-refractivity contribution is 5.57. The lowest BCUT2D eigenvalue weighted by Gasteiger charge is -2.09. The van der Waals surface area contributed by atoms with E-state index in [1.807, 2.05) is 19.1 Å². The SMILES string of the molecule is CCOc1nc(NC)nc(-c2cccc(CC(C)C)c2)n1. The maximum absolute atomic E-state index is 5.40. The van der Waals surface area contributed by atoms with Gasteiger partial charge in [-0.2, -0.15) is 15.0 Å². The molecule has 21 heavy (non-hydrogen) atoms. The van der Waals surface area contributed by atoms with Gasteiger partial charge < -0.3 is 10.1 Å². The summed E-state index contributed by atoms with van der Waals surface area (Å²) < 4.78 is 5.40. The molecule has 0 radical (unpaired) electrons. The van der Waals surface area contributed by atoms with Crippen molar-refractivity contribution in [1.29, 1.82) is 0 Å². The van der Waals surface area contributed by atoms with Gasteiger partial charge in [0, 0.05) is 12.6 Å². The molecule has 5 nitrogen and oxygen atoms in total. The molecule has 0 atom stereocenters. The summed E-state index contributed by atoms with van der Waals surface area (Å²) in [7, 11) is 1.78. The summed E-state index contributed by atoms with van der Waals surface area (Å²) in [5.74, 6) is 1.76. The Morgan fingerprint density at radius 2 is 2.00 bits per heavy atom. The summed E-state index contributed by atoms with van der Waals surface area (Å²) in [6.07, 6.45) is 1.04. The second-order valence-electron chi connectivity index (χ2n) is 5.25. The molecule has 0 unspecified atom stereocenters. The van der Waals surface area contributed by atoms with Crippen LogP contribution in [0.2, 0.25) is 0 Å². The molecule has 0 spiro atoms. The molecule has 112 valence electrons. The number of rotatable bonds is 6. The highest BCUT2D eigenvalue weighted by Crippen LogP contribution is 2.21. The lowest BCUT2D eigenvalue weighted by atomic mass is 10.0. The molecule has 0 bridgehead atoms. The van der Waals surface area contributed by atoms with Crippen molar-refractivity contribution >= 4 is 5.95 Å². The Morgan fingerprint density at radius 3 is 2.67 bits per heavy atom. The van der Waals surface area contributed by atoms with E-state index in [0.29, 0.717) is 30.3 Å². The summed E-state index contributed by atoms with van der Waals surface area (Å²) in [5.41, 5.74) is 2.26. The Kier molecular flexibility index (Phi) is 5.09. The molecule has 2 rings (SSSR count). The van der Waals surface area contributed by atoms with Gasteiger partial charge in [-0.3, -0.25) is 0 Å². The van der Waals surface area contributed by atoms with Crippen LogP contribution in [0.1, 0.15) is 26.3 Å². The highest BCUT2D eigenvalue weighted by atomic mass is 16.5. The first-order valence-electron chi connectivity index (χ1n) is 7.28. The van der Waals surface area contributed by atoms with Crippen LogP contribution in [-0.2, 0) is 6.42 Å². The second kappa shape index (κ2) is 7.02. The topological polar surface area (TPSA) is 59.9 Å². The predicted molar refractivity (Wildman–Crippen MR) is 84.5 cm³/mol. The van der Waals surface area contributed by atoms with Crippen LogP contribution < -0.4 is 10.1 Å². The van der Waals surface area contributed by atoms with Crippen LogP contribution in [0.25, 0.3) is 11.4 Å². The molecule has 0 saturated heterocycles. The van der Waals surface area contributed by atoms with Gasteiger partial charge in [0.05, 0.1) is 6.61 Å². The average Bonchev–Trinajstić information content (AvgIpc) is 2.47. The van der Waals surface area contributed by atoms with E-state index in [9.17, 15) is 0 Å². The number of nitrogens with one attached hydrogen (secondary N) is 1. The number of hydrogen-bond donors (Lipinski definition) is 1. The fourth-order valence-corrected chi connectivity index (χ4v) is 2.10. The summed E-state index contributed by atoms with van der Waals surface area (Å²) in [6.45, 7) is 6.86. The van der Waals surface area contributed by atoms with Gasteiger partial charge >= 0.3 is 6.01 Å². The fraction of sp³-hybridized carbons (Fsp3) is 0.438. The van der Waals surface area contributed by atoms with Crippen molar-refractivity contribution in [1.82, 2.24) is 15.0 Å². The van der Waals surface area contributed by atoms with Crippen molar-refractivity contribution in [2.24, 2.45) is 5.92 Å². The van der Waals surface area contributed by atoms with Crippen LogP contribution in [0.4, 0.5) is 5.95 Å². The Hall–Kier alpha value is -2.17. The van der Waals surface area contributed by atoms with Crippen molar-refractivity contribution < 1.29 is 4.74 Å². The van der Waals surface area contributed by atoms with Crippen molar-refractivity contribution in [3.63, 3.8) is 0 Å². The second-order valence-corrected chi connectivity index (χ2v) is 5.25. The molecule has 2 aromatic rings. The molecule has 0 amide bonds. The standard InChI is InChI=1S/C16H22N4O/c1-5-21-16-19-14(18-15(17-4)20-16)13-8-6-7-12(10-13)9-11(2)3/h6-8,10-11H,5,9H2,1-4H3,(H,17,18,19,20). The molecule has 1 aromatic carbocycles. The lowest BCUT2D eigenvalue weighted by molar-refractivity contribution is 0.312. The monoisotopic (exact) mass is 286 g/mol. The van der Waals surface area contributed by atoms with Crippen LogP contribution in [0, 0.1) is 5.92 Å². The molecule has 0 aliphatic rings. The zero-order valence-corrected chi connectivity index (χ0v) is 13.1. The van der Waals surface area contributed by atoms with Crippen molar-refractivity contribution in [2.75, 3.05) is 19.0 Å². The molecule has 5 heteroatoms. The largest absolute Gasteiger partial charge is 0.464 e. The van der Waals surface area contributed by atoms with E-state index < -0.39 is 0 Å². The predicted octanol–water partition coefficient (Wildman–Crippen LogP) is 3.18. The molecule has 0 aliphatic carbocycles. The van der Waals surface area contributed by atoms with Gasteiger partial charge in [-0.25, -0.2) is 0 Å². The number of benzene rings is 1. The summed E-state index contributed by atoms with van der Waals surface area (Å²) in [6, 6.07) is 8.66. The molecular weight excluding hydrogens is 264 g/mol. The fourth-order valence-electron chi connectivity index (χ4n) is 2.10. The van der Waals surface area contributed by atoms with Gasteiger partial charge in [-0.15, -0.1) is 0 Å².